The molecule has 0 aromatic heterocycles. The maximum Gasteiger partial charge on any atom is 0.253 e. The smallest absolute Gasteiger partial charge is 0.253 e. The van der Waals surface area contributed by atoms with Crippen molar-refractivity contribution in [1.29, 1.82) is 0 Å². The Morgan fingerprint density at radius 3 is 2.40 bits per heavy atom. The lowest BCUT2D eigenvalue weighted by molar-refractivity contribution is -0.134. The second-order valence-electron chi connectivity index (χ2n) is 6.37. The quantitative estimate of drug-likeness (QED) is 0.805. The van der Waals surface area contributed by atoms with Crippen molar-refractivity contribution in [2.45, 2.75) is 45.1 Å². The van der Waals surface area contributed by atoms with Crippen LogP contribution < -0.4 is 5.73 Å². The van der Waals surface area contributed by atoms with Crippen molar-refractivity contribution < 1.29 is 9.59 Å². The van der Waals surface area contributed by atoms with E-state index in [-0.39, 0.29) is 30.3 Å². The summed E-state index contributed by atoms with van der Waals surface area (Å²) in [6, 6.07) is 9.65. The molecule has 0 aliphatic carbocycles. The molecule has 140 valence electrons. The zero-order chi connectivity index (χ0) is 17.4. The number of benzene rings is 1. The average Bonchev–Trinajstić information content (AvgIpc) is 2.64. The summed E-state index contributed by atoms with van der Waals surface area (Å²) in [6.45, 7) is 4.86. The summed E-state index contributed by atoms with van der Waals surface area (Å²) in [5.41, 5.74) is 6.26. The third-order valence-electron chi connectivity index (χ3n) is 4.59. The van der Waals surface area contributed by atoms with E-state index in [4.69, 9.17) is 5.73 Å². The summed E-state index contributed by atoms with van der Waals surface area (Å²) in [6.07, 6.45) is 3.93. The molecule has 1 heterocycles. The molecule has 0 bridgehead atoms. The normalized spacial score (nSPS) is 14.7. The zero-order valence-corrected chi connectivity index (χ0v) is 15.8. The van der Waals surface area contributed by atoms with Gasteiger partial charge in [0.05, 0.1) is 0 Å². The van der Waals surface area contributed by atoms with Gasteiger partial charge in [-0.3, -0.25) is 9.59 Å². The van der Waals surface area contributed by atoms with Crippen molar-refractivity contribution in [2.75, 3.05) is 26.2 Å². The number of nitrogens with zero attached hydrogens (tertiary/aromatic N) is 2. The number of hydrogen-bond acceptors (Lipinski definition) is 3. The lowest BCUT2D eigenvalue weighted by atomic mass is 10.0. The Bertz CT molecular complexity index is 531. The third kappa shape index (κ3) is 6.01. The first-order chi connectivity index (χ1) is 11.7. The highest BCUT2D eigenvalue weighted by Gasteiger charge is 2.29. The van der Waals surface area contributed by atoms with E-state index < -0.39 is 0 Å². The third-order valence-corrected chi connectivity index (χ3v) is 4.59. The first kappa shape index (κ1) is 21.5. The molecule has 2 amide bonds. The molecular formula is C19H30ClN3O2. The van der Waals surface area contributed by atoms with E-state index in [1.165, 1.54) is 0 Å². The van der Waals surface area contributed by atoms with Crippen LogP contribution in [0.4, 0.5) is 0 Å². The monoisotopic (exact) mass is 367 g/mol. The highest BCUT2D eigenvalue weighted by molar-refractivity contribution is 5.94. The Morgan fingerprint density at radius 1 is 1.20 bits per heavy atom. The van der Waals surface area contributed by atoms with Gasteiger partial charge >= 0.3 is 0 Å². The molecule has 0 atom stereocenters. The Morgan fingerprint density at radius 2 is 1.84 bits per heavy atom. The largest absolute Gasteiger partial charge is 0.340 e. The summed E-state index contributed by atoms with van der Waals surface area (Å²) >= 11 is 0. The Balaban J connectivity index is 0.00000312. The van der Waals surface area contributed by atoms with Crippen LogP contribution in [0.2, 0.25) is 0 Å². The Kier molecular flexibility index (Phi) is 9.53. The number of hydrogen-bond donors (Lipinski definition) is 1. The van der Waals surface area contributed by atoms with Crippen molar-refractivity contribution in [3.63, 3.8) is 0 Å². The molecule has 2 N–H and O–H groups in total. The van der Waals surface area contributed by atoms with Gasteiger partial charge in [-0.15, -0.1) is 12.4 Å². The Labute approximate surface area is 157 Å². The molecule has 1 aliphatic heterocycles. The number of carbonyl (C=O) groups is 2. The van der Waals surface area contributed by atoms with E-state index in [2.05, 4.69) is 6.92 Å². The number of amides is 2. The number of halogens is 1. The number of piperidine rings is 1. The number of nitrogens with two attached hydrogens (primary N) is 1. The summed E-state index contributed by atoms with van der Waals surface area (Å²) < 4.78 is 0. The van der Waals surface area contributed by atoms with Crippen LogP contribution in [-0.2, 0) is 4.79 Å². The molecule has 1 aromatic rings. The second kappa shape index (κ2) is 11.1. The van der Waals surface area contributed by atoms with E-state index in [1.807, 2.05) is 40.1 Å². The van der Waals surface area contributed by atoms with Crippen molar-refractivity contribution in [2.24, 2.45) is 5.73 Å². The van der Waals surface area contributed by atoms with Crippen LogP contribution in [0.25, 0.3) is 0 Å². The molecule has 1 aromatic carbocycles. The number of rotatable bonds is 7. The van der Waals surface area contributed by atoms with Crippen LogP contribution in [0.15, 0.2) is 30.3 Å². The molecule has 2 rings (SSSR count). The lowest BCUT2D eigenvalue weighted by Crippen LogP contribution is -2.49. The van der Waals surface area contributed by atoms with Crippen molar-refractivity contribution in [1.82, 2.24) is 9.80 Å². The van der Waals surface area contributed by atoms with Gasteiger partial charge in [0.15, 0.2) is 0 Å². The lowest BCUT2D eigenvalue weighted by Gasteiger charge is -2.38. The number of carbonyl (C=O) groups excluding carboxylic acids is 2. The average molecular weight is 368 g/mol. The molecule has 6 heteroatoms. The van der Waals surface area contributed by atoms with Gasteiger partial charge in [-0.2, -0.15) is 0 Å². The second-order valence-corrected chi connectivity index (χ2v) is 6.37. The van der Waals surface area contributed by atoms with Crippen molar-refractivity contribution in [3.05, 3.63) is 35.9 Å². The molecule has 0 radical (unpaired) electrons. The standard InChI is InChI=1S/C19H29N3O2.ClH/c1-2-13-22(18(23)9-6-12-20)17-10-14-21(15-11-17)19(24)16-7-4-3-5-8-16;/h3-5,7-8,17H,2,6,9-15,20H2,1H3;1H. The topological polar surface area (TPSA) is 66.6 Å². The summed E-state index contributed by atoms with van der Waals surface area (Å²) in [4.78, 5) is 28.8. The fraction of sp³-hybridized carbons (Fsp3) is 0.579. The van der Waals surface area contributed by atoms with Crippen molar-refractivity contribution >= 4 is 24.2 Å². The van der Waals surface area contributed by atoms with Crippen LogP contribution >= 0.6 is 12.4 Å². The van der Waals surface area contributed by atoms with Crippen LogP contribution in [-0.4, -0.2) is 53.8 Å². The molecule has 5 nitrogen and oxygen atoms in total. The van der Waals surface area contributed by atoms with Crippen LogP contribution in [0.3, 0.4) is 0 Å². The summed E-state index contributed by atoms with van der Waals surface area (Å²) in [5.74, 6) is 0.292. The number of likely N-dealkylation sites (tertiary alicyclic amines) is 1. The minimum absolute atomic E-state index is 0. The highest BCUT2D eigenvalue weighted by Crippen LogP contribution is 2.20. The van der Waals surface area contributed by atoms with Gasteiger partial charge in [0.1, 0.15) is 0 Å². The minimum Gasteiger partial charge on any atom is -0.340 e. The van der Waals surface area contributed by atoms with Crippen molar-refractivity contribution in [3.8, 4) is 0 Å². The predicted molar refractivity (Wildman–Crippen MR) is 103 cm³/mol. The van der Waals surface area contributed by atoms with E-state index in [9.17, 15) is 9.59 Å². The van der Waals surface area contributed by atoms with E-state index in [0.717, 1.165) is 37.8 Å². The van der Waals surface area contributed by atoms with Crippen LogP contribution in [0.5, 0.6) is 0 Å². The molecule has 25 heavy (non-hydrogen) atoms. The predicted octanol–water partition coefficient (Wildman–Crippen LogP) is 2.69. The molecule has 1 aliphatic rings. The highest BCUT2D eigenvalue weighted by atomic mass is 35.5. The van der Waals surface area contributed by atoms with Gasteiger partial charge in [-0.25, -0.2) is 0 Å². The molecule has 0 saturated carbocycles. The summed E-state index contributed by atoms with van der Waals surface area (Å²) in [5, 5.41) is 0. The van der Waals surface area contributed by atoms with E-state index in [1.54, 1.807) is 0 Å². The Hall–Kier alpha value is -1.59. The van der Waals surface area contributed by atoms with Crippen LogP contribution in [0, 0.1) is 0 Å². The van der Waals surface area contributed by atoms with E-state index in [0.29, 0.717) is 26.1 Å². The van der Waals surface area contributed by atoms with Gasteiger partial charge in [0.2, 0.25) is 5.91 Å². The van der Waals surface area contributed by atoms with Gasteiger partial charge in [0.25, 0.3) is 5.91 Å². The maximum atomic E-state index is 12.5. The van der Waals surface area contributed by atoms with Gasteiger partial charge in [-0.1, -0.05) is 25.1 Å². The zero-order valence-electron chi connectivity index (χ0n) is 15.0. The minimum atomic E-state index is 0. The van der Waals surface area contributed by atoms with Gasteiger partial charge in [-0.05, 0) is 44.4 Å². The molecule has 1 saturated heterocycles. The molecule has 0 unspecified atom stereocenters. The van der Waals surface area contributed by atoms with E-state index >= 15 is 0 Å². The first-order valence-corrected chi connectivity index (χ1v) is 9.01. The van der Waals surface area contributed by atoms with Gasteiger partial charge in [0, 0.05) is 37.7 Å². The fourth-order valence-corrected chi connectivity index (χ4v) is 3.29. The van der Waals surface area contributed by atoms with Crippen LogP contribution in [0.1, 0.15) is 49.4 Å². The first-order valence-electron chi connectivity index (χ1n) is 9.01. The SMILES string of the molecule is CCCN(C(=O)CCCN)C1CCN(C(=O)c2ccccc2)CC1.Cl. The maximum absolute atomic E-state index is 12.5. The fourth-order valence-electron chi connectivity index (χ4n) is 3.29. The molecule has 1 fully saturated rings. The van der Waals surface area contributed by atoms with Gasteiger partial charge < -0.3 is 15.5 Å². The summed E-state index contributed by atoms with van der Waals surface area (Å²) in [7, 11) is 0. The molecule has 0 spiro atoms. The molecular weight excluding hydrogens is 338 g/mol.